The van der Waals surface area contributed by atoms with Crippen molar-refractivity contribution in [1.29, 1.82) is 0 Å². The maximum Gasteiger partial charge on any atom is 0.231 e. The third-order valence-corrected chi connectivity index (χ3v) is 5.89. The maximum atomic E-state index is 10.8. The van der Waals surface area contributed by atoms with Gasteiger partial charge in [-0.2, -0.15) is 0 Å². The number of nitrogens with zero attached hydrogens (tertiary/aromatic N) is 1. The van der Waals surface area contributed by atoms with E-state index in [2.05, 4.69) is 11.9 Å². The fourth-order valence-electron chi connectivity index (χ4n) is 4.60. The molecule has 0 aliphatic carbocycles. The van der Waals surface area contributed by atoms with Gasteiger partial charge in [0.2, 0.25) is 13.6 Å². The predicted molar refractivity (Wildman–Crippen MR) is 93.0 cm³/mol. The van der Waals surface area contributed by atoms with Crippen LogP contribution < -0.4 is 18.9 Å². The Morgan fingerprint density at radius 2 is 1.74 bits per heavy atom. The van der Waals surface area contributed by atoms with Crippen molar-refractivity contribution >= 4 is 0 Å². The van der Waals surface area contributed by atoms with Crippen LogP contribution in [0.25, 0.3) is 0 Å². The van der Waals surface area contributed by atoms with Crippen LogP contribution in [0.2, 0.25) is 0 Å². The number of hydrogen-bond acceptors (Lipinski definition) is 7. The van der Waals surface area contributed by atoms with Crippen molar-refractivity contribution in [1.82, 2.24) is 4.90 Å². The van der Waals surface area contributed by atoms with Crippen molar-refractivity contribution in [2.24, 2.45) is 0 Å². The van der Waals surface area contributed by atoms with Gasteiger partial charge in [-0.05, 0) is 48.4 Å². The Morgan fingerprint density at radius 1 is 0.963 bits per heavy atom. The van der Waals surface area contributed by atoms with Crippen molar-refractivity contribution in [2.75, 3.05) is 27.2 Å². The number of rotatable bonds is 0. The molecule has 7 nitrogen and oxygen atoms in total. The van der Waals surface area contributed by atoms with E-state index < -0.39 is 6.29 Å². The van der Waals surface area contributed by atoms with Crippen molar-refractivity contribution in [3.8, 4) is 23.0 Å². The van der Waals surface area contributed by atoms with Crippen LogP contribution in [0, 0.1) is 0 Å². The SMILES string of the molecule is CN1CCc2cc3c(cc2[C@H]2O[C@@H](O)c4c(ccc5c4OCO5)[C@@H]21)OCO3. The van der Waals surface area contributed by atoms with Crippen LogP contribution in [0.1, 0.15) is 40.7 Å². The molecule has 1 N–H and O–H groups in total. The van der Waals surface area contributed by atoms with Gasteiger partial charge in [-0.25, -0.2) is 0 Å². The van der Waals surface area contributed by atoms with Gasteiger partial charge in [0.05, 0.1) is 11.6 Å². The number of ether oxygens (including phenoxy) is 5. The molecule has 0 spiro atoms. The van der Waals surface area contributed by atoms with Crippen molar-refractivity contribution in [3.05, 3.63) is 46.5 Å². The van der Waals surface area contributed by atoms with E-state index in [0.717, 1.165) is 41.2 Å². The fraction of sp³-hybridized carbons (Fsp3) is 0.400. The molecule has 0 saturated heterocycles. The predicted octanol–water partition coefficient (Wildman–Crippen LogP) is 2.44. The number of aliphatic hydroxyl groups is 1. The zero-order valence-corrected chi connectivity index (χ0v) is 14.8. The highest BCUT2D eigenvalue weighted by Gasteiger charge is 2.44. The zero-order chi connectivity index (χ0) is 18.1. The Hall–Kier alpha value is -2.48. The van der Waals surface area contributed by atoms with Crippen molar-refractivity contribution in [3.63, 3.8) is 0 Å². The maximum absolute atomic E-state index is 10.8. The fourth-order valence-corrected chi connectivity index (χ4v) is 4.60. The summed E-state index contributed by atoms with van der Waals surface area (Å²) in [6, 6.07) is 7.92. The minimum absolute atomic E-state index is 0.0421. The quantitative estimate of drug-likeness (QED) is 0.765. The Balaban J connectivity index is 1.53. The minimum atomic E-state index is -1.08. The molecule has 4 aliphatic heterocycles. The summed E-state index contributed by atoms with van der Waals surface area (Å²) in [4.78, 5) is 2.27. The van der Waals surface area contributed by atoms with Gasteiger partial charge in [0, 0.05) is 6.54 Å². The molecular formula is C20H19NO6. The topological polar surface area (TPSA) is 69.6 Å². The van der Waals surface area contributed by atoms with E-state index in [1.807, 2.05) is 24.3 Å². The Kier molecular flexibility index (Phi) is 3.18. The number of fused-ring (bicyclic) bond motifs is 8. The summed E-state index contributed by atoms with van der Waals surface area (Å²) in [6.45, 7) is 1.26. The first-order chi connectivity index (χ1) is 13.2. The first kappa shape index (κ1) is 15.6. The summed E-state index contributed by atoms with van der Waals surface area (Å²) in [6.07, 6.45) is -0.526. The summed E-state index contributed by atoms with van der Waals surface area (Å²) < 4.78 is 28.4. The van der Waals surface area contributed by atoms with Gasteiger partial charge in [0.1, 0.15) is 6.10 Å². The number of hydrogen-bond donors (Lipinski definition) is 1. The summed E-state index contributed by atoms with van der Waals surface area (Å²) >= 11 is 0. The molecule has 2 aromatic carbocycles. The van der Waals surface area contributed by atoms with Gasteiger partial charge < -0.3 is 28.8 Å². The van der Waals surface area contributed by atoms with E-state index in [-0.39, 0.29) is 25.7 Å². The molecule has 6 rings (SSSR count). The van der Waals surface area contributed by atoms with Crippen LogP contribution in [-0.2, 0) is 11.2 Å². The second-order valence-corrected chi connectivity index (χ2v) is 7.29. The average molecular weight is 369 g/mol. The third-order valence-electron chi connectivity index (χ3n) is 5.89. The van der Waals surface area contributed by atoms with Gasteiger partial charge in [-0.15, -0.1) is 0 Å². The van der Waals surface area contributed by atoms with Gasteiger partial charge in [-0.1, -0.05) is 6.07 Å². The van der Waals surface area contributed by atoms with Gasteiger partial charge in [0.25, 0.3) is 0 Å². The van der Waals surface area contributed by atoms with E-state index in [0.29, 0.717) is 17.1 Å². The van der Waals surface area contributed by atoms with Crippen LogP contribution in [-0.4, -0.2) is 37.2 Å². The van der Waals surface area contributed by atoms with E-state index >= 15 is 0 Å². The highest BCUT2D eigenvalue weighted by atomic mass is 16.7. The molecule has 0 amide bonds. The summed E-state index contributed by atoms with van der Waals surface area (Å²) in [5.74, 6) is 2.73. The van der Waals surface area contributed by atoms with Gasteiger partial charge >= 0.3 is 0 Å². The lowest BCUT2D eigenvalue weighted by Gasteiger charge is -2.40. The summed E-state index contributed by atoms with van der Waals surface area (Å²) in [5.41, 5.74) is 3.88. The first-order valence-corrected chi connectivity index (χ1v) is 9.09. The molecule has 7 heteroatoms. The Bertz CT molecular complexity index is 945. The molecule has 0 saturated carbocycles. The first-order valence-electron chi connectivity index (χ1n) is 9.09. The highest BCUT2D eigenvalue weighted by molar-refractivity contribution is 5.56. The molecule has 0 unspecified atom stereocenters. The molecule has 4 aliphatic rings. The van der Waals surface area contributed by atoms with E-state index in [1.54, 1.807) is 0 Å². The molecule has 27 heavy (non-hydrogen) atoms. The Labute approximate surface area is 156 Å². The van der Waals surface area contributed by atoms with Crippen molar-refractivity contribution in [2.45, 2.75) is 24.9 Å². The van der Waals surface area contributed by atoms with Crippen LogP contribution in [0.15, 0.2) is 24.3 Å². The van der Waals surface area contributed by atoms with Crippen molar-refractivity contribution < 1.29 is 28.8 Å². The normalized spacial score (nSPS) is 27.6. The molecule has 0 aromatic heterocycles. The minimum Gasteiger partial charge on any atom is -0.454 e. The molecular weight excluding hydrogens is 350 g/mol. The molecule has 0 fully saturated rings. The largest absolute Gasteiger partial charge is 0.454 e. The molecule has 0 radical (unpaired) electrons. The Morgan fingerprint density at radius 3 is 2.63 bits per heavy atom. The second-order valence-electron chi connectivity index (χ2n) is 7.29. The van der Waals surface area contributed by atoms with Gasteiger partial charge in [0.15, 0.2) is 29.3 Å². The molecule has 140 valence electrons. The zero-order valence-electron chi connectivity index (χ0n) is 14.8. The van der Waals surface area contributed by atoms with E-state index in [1.165, 1.54) is 0 Å². The average Bonchev–Trinajstić information content (AvgIpc) is 3.30. The number of aliphatic hydroxyl groups excluding tert-OH is 1. The molecule has 0 bridgehead atoms. The van der Waals surface area contributed by atoms with Crippen LogP contribution in [0.3, 0.4) is 0 Å². The lowest BCUT2D eigenvalue weighted by Crippen LogP contribution is -2.35. The standard InChI is InChI=1S/C20H19NO6/c1-21-5-4-10-6-14-15(25-8-24-14)7-12(10)18-17(21)11-2-3-13-19(26-9-23-13)16(11)20(22)27-18/h2-3,6-7,17-18,20,22H,4-5,8-9H2,1H3/t17-,18+,20+/m0/s1. The molecule has 3 atom stereocenters. The smallest absolute Gasteiger partial charge is 0.231 e. The molecule has 4 heterocycles. The molecule has 2 aromatic rings. The second kappa shape index (κ2) is 5.51. The van der Waals surface area contributed by atoms with Crippen LogP contribution in [0.5, 0.6) is 23.0 Å². The number of benzene rings is 2. The summed E-state index contributed by atoms with van der Waals surface area (Å²) in [7, 11) is 2.08. The van der Waals surface area contributed by atoms with E-state index in [4.69, 9.17) is 23.7 Å². The third kappa shape index (κ3) is 2.13. The lowest BCUT2D eigenvalue weighted by atomic mass is 9.87. The van der Waals surface area contributed by atoms with Crippen LogP contribution in [0.4, 0.5) is 0 Å². The number of likely N-dealkylation sites (N-methyl/N-ethyl adjacent to an activating group) is 1. The van der Waals surface area contributed by atoms with Gasteiger partial charge in [-0.3, -0.25) is 4.90 Å². The highest BCUT2D eigenvalue weighted by Crippen LogP contribution is 2.54. The monoisotopic (exact) mass is 369 g/mol. The van der Waals surface area contributed by atoms with Crippen LogP contribution >= 0.6 is 0 Å². The lowest BCUT2D eigenvalue weighted by molar-refractivity contribution is -0.174. The van der Waals surface area contributed by atoms with E-state index in [9.17, 15) is 5.11 Å². The summed E-state index contributed by atoms with van der Waals surface area (Å²) in [5, 5.41) is 10.8.